The van der Waals surface area contributed by atoms with Crippen molar-refractivity contribution in [2.75, 3.05) is 0 Å². The van der Waals surface area contributed by atoms with Crippen LogP contribution >= 0.6 is 7.78 Å². The summed E-state index contributed by atoms with van der Waals surface area (Å²) in [7, 11) is -3.97. The van der Waals surface area contributed by atoms with Crippen LogP contribution in [0.25, 0.3) is 0 Å². The van der Waals surface area contributed by atoms with E-state index < -0.39 is 9.74 Å². The smallest absolute Gasteiger partial charge is 0.282 e. The highest BCUT2D eigenvalue weighted by atomic mass is 32.8. The number of rotatable bonds is 2. The van der Waals surface area contributed by atoms with Crippen LogP contribution in [0.3, 0.4) is 0 Å². The van der Waals surface area contributed by atoms with Crippen LogP contribution in [-0.2, 0) is 9.74 Å². The second-order valence-electron chi connectivity index (χ2n) is 1.87. The van der Waals surface area contributed by atoms with E-state index in [0.717, 1.165) is 0 Å². The molecule has 0 aliphatic rings. The van der Waals surface area contributed by atoms with E-state index in [1.54, 1.807) is 30.3 Å². The van der Waals surface area contributed by atoms with Gasteiger partial charge >= 0.3 is 0 Å². The zero-order chi connectivity index (χ0) is 8.32. The molecular formula is C6H6O3PS. The predicted octanol–water partition coefficient (Wildman–Crippen LogP) is 1.06. The van der Waals surface area contributed by atoms with Crippen LogP contribution in [-0.4, -0.2) is 13.0 Å². The van der Waals surface area contributed by atoms with Gasteiger partial charge in [0.1, 0.15) is 7.78 Å². The maximum absolute atomic E-state index is 10.3. The van der Waals surface area contributed by atoms with E-state index in [4.69, 9.17) is 4.55 Å². The molecule has 1 radical (unpaired) electrons. The van der Waals surface area contributed by atoms with Crippen LogP contribution in [0.2, 0.25) is 0 Å². The molecular weight excluding hydrogens is 183 g/mol. The molecule has 1 aromatic carbocycles. The zero-order valence-corrected chi connectivity index (χ0v) is 7.22. The Morgan fingerprint density at radius 2 is 1.73 bits per heavy atom. The molecule has 1 aromatic rings. The van der Waals surface area contributed by atoms with Crippen molar-refractivity contribution in [1.29, 1.82) is 0 Å². The average Bonchev–Trinajstić information content (AvgIpc) is 1.85. The lowest BCUT2D eigenvalue weighted by Crippen LogP contribution is -1.98. The van der Waals surface area contributed by atoms with Crippen molar-refractivity contribution in [2.45, 2.75) is 0 Å². The van der Waals surface area contributed by atoms with Gasteiger partial charge in [0.25, 0.3) is 9.74 Å². The van der Waals surface area contributed by atoms with Crippen LogP contribution in [0.4, 0.5) is 0 Å². The number of hydrogen-bond acceptors (Lipinski definition) is 2. The van der Waals surface area contributed by atoms with Crippen molar-refractivity contribution < 1.29 is 13.0 Å². The molecule has 0 spiro atoms. The Bertz CT molecular complexity index is 319. The molecule has 5 heteroatoms. The van der Waals surface area contributed by atoms with Crippen molar-refractivity contribution in [3.63, 3.8) is 0 Å². The second-order valence-corrected chi connectivity index (χ2v) is 5.40. The topological polar surface area (TPSA) is 54.4 Å². The molecule has 11 heavy (non-hydrogen) atoms. The van der Waals surface area contributed by atoms with E-state index in [9.17, 15) is 8.42 Å². The van der Waals surface area contributed by atoms with Gasteiger partial charge in [-0.2, -0.15) is 8.42 Å². The summed E-state index contributed by atoms with van der Waals surface area (Å²) < 4.78 is 29.1. The van der Waals surface area contributed by atoms with Gasteiger partial charge in [-0.3, -0.25) is 4.55 Å². The van der Waals surface area contributed by atoms with Crippen molar-refractivity contribution in [1.82, 2.24) is 0 Å². The third-order valence-electron chi connectivity index (χ3n) is 0.977. The molecule has 0 unspecified atom stereocenters. The largest absolute Gasteiger partial charge is 0.290 e. The summed E-state index contributed by atoms with van der Waals surface area (Å²) in [4.78, 5) is 0. The minimum atomic E-state index is -3.90. The lowest BCUT2D eigenvalue weighted by Gasteiger charge is -1.93. The lowest BCUT2D eigenvalue weighted by molar-refractivity contribution is 0.502. The zero-order valence-electron chi connectivity index (χ0n) is 5.51. The SMILES string of the molecule is O=S(=O)(O)[P]c1ccccc1. The molecule has 0 aliphatic carbocycles. The van der Waals surface area contributed by atoms with Gasteiger partial charge in [-0.25, -0.2) is 0 Å². The highest BCUT2D eigenvalue weighted by Crippen LogP contribution is 2.16. The molecule has 0 bridgehead atoms. The Hall–Kier alpha value is -0.440. The van der Waals surface area contributed by atoms with Crippen LogP contribution < -0.4 is 5.30 Å². The summed E-state index contributed by atoms with van der Waals surface area (Å²) in [6.07, 6.45) is 0. The Morgan fingerprint density at radius 1 is 1.18 bits per heavy atom. The van der Waals surface area contributed by atoms with E-state index in [2.05, 4.69) is 0 Å². The highest BCUT2D eigenvalue weighted by molar-refractivity contribution is 8.42. The molecule has 0 atom stereocenters. The molecule has 0 saturated carbocycles. The monoisotopic (exact) mass is 189 g/mol. The normalized spacial score (nSPS) is 12.5. The van der Waals surface area contributed by atoms with Gasteiger partial charge in [-0.15, -0.1) is 0 Å². The van der Waals surface area contributed by atoms with Gasteiger partial charge in [0, 0.05) is 0 Å². The Labute approximate surface area is 66.7 Å². The predicted molar refractivity (Wildman–Crippen MR) is 44.5 cm³/mol. The summed E-state index contributed by atoms with van der Waals surface area (Å²) in [5.41, 5.74) is 0. The van der Waals surface area contributed by atoms with Gasteiger partial charge in [-0.1, -0.05) is 30.3 Å². The third kappa shape index (κ3) is 3.46. The molecule has 1 rings (SSSR count). The molecule has 3 nitrogen and oxygen atoms in total. The quantitative estimate of drug-likeness (QED) is 0.559. The van der Waals surface area contributed by atoms with Crippen LogP contribution in [0.1, 0.15) is 0 Å². The summed E-state index contributed by atoms with van der Waals surface area (Å²) in [6.45, 7) is 0. The fraction of sp³-hybridized carbons (Fsp3) is 0. The first-order chi connectivity index (χ1) is 5.08. The first-order valence-corrected chi connectivity index (χ1v) is 5.77. The van der Waals surface area contributed by atoms with Crippen molar-refractivity contribution in [3.05, 3.63) is 30.3 Å². The van der Waals surface area contributed by atoms with Gasteiger partial charge in [0.2, 0.25) is 0 Å². The highest BCUT2D eigenvalue weighted by Gasteiger charge is 2.06. The average molecular weight is 189 g/mol. The minimum Gasteiger partial charge on any atom is -0.282 e. The maximum atomic E-state index is 10.3. The van der Waals surface area contributed by atoms with Crippen molar-refractivity contribution in [3.8, 4) is 0 Å². The molecule has 1 N–H and O–H groups in total. The molecule has 0 heterocycles. The second kappa shape index (κ2) is 3.30. The molecule has 0 amide bonds. The molecule has 0 aromatic heterocycles. The summed E-state index contributed by atoms with van der Waals surface area (Å²) >= 11 is 0. The standard InChI is InChI=1S/C6H6O3PS/c7-11(8,9)10-6-4-2-1-3-5-6/h1-5H,(H,7,8,9). The lowest BCUT2D eigenvalue weighted by atomic mass is 10.4. The fourth-order valence-electron chi connectivity index (χ4n) is 0.622. The maximum Gasteiger partial charge on any atom is 0.290 e. The third-order valence-corrected chi connectivity index (χ3v) is 3.04. The van der Waals surface area contributed by atoms with E-state index in [1.807, 2.05) is 0 Å². The van der Waals surface area contributed by atoms with Gasteiger partial charge < -0.3 is 0 Å². The molecule has 0 saturated heterocycles. The Morgan fingerprint density at radius 3 is 2.18 bits per heavy atom. The van der Waals surface area contributed by atoms with Gasteiger partial charge in [0.15, 0.2) is 0 Å². The van der Waals surface area contributed by atoms with Crippen molar-refractivity contribution in [2.24, 2.45) is 0 Å². The molecule has 0 fully saturated rings. The summed E-state index contributed by atoms with van der Waals surface area (Å²) in [5.74, 6) is 0. The van der Waals surface area contributed by atoms with Crippen LogP contribution in [0, 0.1) is 0 Å². The molecule has 0 aliphatic heterocycles. The van der Waals surface area contributed by atoms with Crippen molar-refractivity contribution >= 4 is 22.8 Å². The van der Waals surface area contributed by atoms with Gasteiger partial charge in [0.05, 0.1) is 0 Å². The van der Waals surface area contributed by atoms with E-state index in [1.165, 1.54) is 0 Å². The Balaban J connectivity index is 2.82. The fourth-order valence-corrected chi connectivity index (χ4v) is 2.35. The first-order valence-electron chi connectivity index (χ1n) is 2.83. The van der Waals surface area contributed by atoms with E-state index in [0.29, 0.717) is 5.30 Å². The number of benzene rings is 1. The minimum absolute atomic E-state index is 0.0649. The Kier molecular flexibility index (Phi) is 2.60. The van der Waals surface area contributed by atoms with Crippen LogP contribution in [0.15, 0.2) is 30.3 Å². The van der Waals surface area contributed by atoms with Crippen LogP contribution in [0.5, 0.6) is 0 Å². The number of hydrogen-bond donors (Lipinski definition) is 1. The van der Waals surface area contributed by atoms with Gasteiger partial charge in [-0.05, 0) is 5.30 Å². The summed E-state index contributed by atoms with van der Waals surface area (Å²) in [6, 6.07) is 8.48. The summed E-state index contributed by atoms with van der Waals surface area (Å²) in [5, 5.41) is 0.565. The van der Waals surface area contributed by atoms with E-state index in [-0.39, 0.29) is 7.78 Å². The van der Waals surface area contributed by atoms with E-state index >= 15 is 0 Å². The molecule has 59 valence electrons. The first kappa shape index (κ1) is 8.65.